The molecule has 4 aromatic rings. The van der Waals surface area contributed by atoms with Crippen molar-refractivity contribution in [3.63, 3.8) is 0 Å². The minimum atomic E-state index is -0.575. The molecule has 0 aliphatic carbocycles. The van der Waals surface area contributed by atoms with Crippen LogP contribution in [0.4, 0.5) is 0 Å². The normalized spacial score (nSPS) is 11.1. The van der Waals surface area contributed by atoms with Crippen molar-refractivity contribution in [2.45, 2.75) is 0 Å². The van der Waals surface area contributed by atoms with Gasteiger partial charge in [0, 0.05) is 20.7 Å². The molecule has 0 bridgehead atoms. The number of benzene rings is 3. The summed E-state index contributed by atoms with van der Waals surface area (Å²) in [6, 6.07) is 18.8. The zero-order chi connectivity index (χ0) is 22.7. The van der Waals surface area contributed by atoms with E-state index in [2.05, 4.69) is 10.5 Å². The summed E-state index contributed by atoms with van der Waals surface area (Å²) in [6.07, 6.45) is 1.37. The van der Waals surface area contributed by atoms with Crippen LogP contribution in [-0.2, 0) is 0 Å². The number of amides is 1. The number of fused-ring (bicyclic) bond motifs is 1. The SMILES string of the molecule is O=C(NN=Cc1ccccc1OC(=O)c1sc2ccccc2c1Cl)c1ccc(Cl)cc1Cl. The van der Waals surface area contributed by atoms with Crippen LogP contribution in [0.25, 0.3) is 10.1 Å². The van der Waals surface area contributed by atoms with Crippen LogP contribution in [0.5, 0.6) is 5.75 Å². The van der Waals surface area contributed by atoms with Crippen LogP contribution in [0.15, 0.2) is 71.8 Å². The number of nitrogens with one attached hydrogen (secondary N) is 1. The third-order valence-corrected chi connectivity index (χ3v) is 6.59. The highest BCUT2D eigenvalue weighted by Gasteiger charge is 2.19. The fourth-order valence-electron chi connectivity index (χ4n) is 2.87. The van der Waals surface area contributed by atoms with Crippen LogP contribution in [0.3, 0.4) is 0 Å². The predicted octanol–water partition coefficient (Wildman–Crippen LogP) is 6.84. The Morgan fingerprint density at radius 3 is 2.50 bits per heavy atom. The molecule has 0 saturated carbocycles. The molecule has 0 aliphatic heterocycles. The summed E-state index contributed by atoms with van der Waals surface area (Å²) in [5, 5.41) is 5.72. The number of carbonyl (C=O) groups is 2. The highest BCUT2D eigenvalue weighted by atomic mass is 35.5. The van der Waals surface area contributed by atoms with Gasteiger partial charge in [-0.2, -0.15) is 5.10 Å². The summed E-state index contributed by atoms with van der Waals surface area (Å²) in [6.45, 7) is 0. The number of ether oxygens (including phenoxy) is 1. The minimum Gasteiger partial charge on any atom is -0.422 e. The Morgan fingerprint density at radius 2 is 1.72 bits per heavy atom. The molecule has 1 amide bonds. The van der Waals surface area contributed by atoms with Crippen molar-refractivity contribution < 1.29 is 14.3 Å². The van der Waals surface area contributed by atoms with E-state index in [-0.39, 0.29) is 16.3 Å². The molecule has 0 radical (unpaired) electrons. The van der Waals surface area contributed by atoms with Crippen molar-refractivity contribution in [3.05, 3.63) is 97.8 Å². The Balaban J connectivity index is 1.50. The quantitative estimate of drug-likeness (QED) is 0.140. The molecule has 160 valence electrons. The molecule has 0 saturated heterocycles. The maximum atomic E-state index is 12.8. The van der Waals surface area contributed by atoms with Gasteiger partial charge in [-0.15, -0.1) is 11.3 Å². The molecule has 1 N–H and O–H groups in total. The van der Waals surface area contributed by atoms with Crippen LogP contribution >= 0.6 is 46.1 Å². The molecule has 5 nitrogen and oxygen atoms in total. The second-order valence-electron chi connectivity index (χ2n) is 6.49. The third-order valence-electron chi connectivity index (χ3n) is 4.39. The number of para-hydroxylation sites is 1. The summed E-state index contributed by atoms with van der Waals surface area (Å²) >= 11 is 19.5. The van der Waals surface area contributed by atoms with Gasteiger partial charge in [-0.25, -0.2) is 10.2 Å². The lowest BCUT2D eigenvalue weighted by Gasteiger charge is -2.07. The van der Waals surface area contributed by atoms with Gasteiger partial charge in [-0.05, 0) is 36.4 Å². The van der Waals surface area contributed by atoms with Gasteiger partial charge in [-0.1, -0.05) is 65.1 Å². The maximum absolute atomic E-state index is 12.8. The van der Waals surface area contributed by atoms with Crippen molar-refractivity contribution in [3.8, 4) is 5.75 Å². The first-order valence-corrected chi connectivity index (χ1v) is 11.2. The number of esters is 1. The zero-order valence-electron chi connectivity index (χ0n) is 16.1. The topological polar surface area (TPSA) is 67.8 Å². The molecule has 1 aromatic heterocycles. The van der Waals surface area contributed by atoms with Gasteiger partial charge >= 0.3 is 5.97 Å². The molecule has 1 heterocycles. The first-order valence-electron chi connectivity index (χ1n) is 9.20. The van der Waals surface area contributed by atoms with Crippen LogP contribution in [-0.4, -0.2) is 18.1 Å². The van der Waals surface area contributed by atoms with E-state index >= 15 is 0 Å². The van der Waals surface area contributed by atoms with Crippen molar-refractivity contribution >= 4 is 74.3 Å². The van der Waals surface area contributed by atoms with E-state index in [1.807, 2.05) is 24.3 Å². The number of carbonyl (C=O) groups excluding carboxylic acids is 2. The van der Waals surface area contributed by atoms with Gasteiger partial charge in [0.1, 0.15) is 10.6 Å². The molecule has 4 rings (SSSR count). The Labute approximate surface area is 202 Å². The highest BCUT2D eigenvalue weighted by Crippen LogP contribution is 2.36. The van der Waals surface area contributed by atoms with Gasteiger partial charge < -0.3 is 4.74 Å². The molecule has 9 heteroatoms. The Morgan fingerprint density at radius 1 is 0.969 bits per heavy atom. The third kappa shape index (κ3) is 4.79. The Bertz CT molecular complexity index is 1370. The fraction of sp³-hybridized carbons (Fsp3) is 0. The van der Waals surface area contributed by atoms with Gasteiger partial charge in [0.15, 0.2) is 0 Å². The number of halogens is 3. The average molecular weight is 504 g/mol. The molecule has 0 unspecified atom stereocenters. The van der Waals surface area contributed by atoms with Crippen LogP contribution in [0.1, 0.15) is 25.6 Å². The van der Waals surface area contributed by atoms with E-state index in [9.17, 15) is 9.59 Å². The van der Waals surface area contributed by atoms with Crippen molar-refractivity contribution in [2.75, 3.05) is 0 Å². The van der Waals surface area contributed by atoms with Crippen LogP contribution < -0.4 is 10.2 Å². The molecule has 32 heavy (non-hydrogen) atoms. The number of nitrogens with zero attached hydrogens (tertiary/aromatic N) is 1. The maximum Gasteiger partial charge on any atom is 0.355 e. The molecule has 3 aromatic carbocycles. The van der Waals surface area contributed by atoms with E-state index in [0.717, 1.165) is 10.1 Å². The van der Waals surface area contributed by atoms with Gasteiger partial charge in [0.25, 0.3) is 5.91 Å². The summed E-state index contributed by atoms with van der Waals surface area (Å²) in [4.78, 5) is 25.3. The van der Waals surface area contributed by atoms with Crippen molar-refractivity contribution in [2.24, 2.45) is 5.10 Å². The number of thiophene rings is 1. The largest absolute Gasteiger partial charge is 0.422 e. The lowest BCUT2D eigenvalue weighted by atomic mass is 10.2. The summed E-state index contributed by atoms with van der Waals surface area (Å²) < 4.78 is 6.46. The van der Waals surface area contributed by atoms with E-state index in [0.29, 0.717) is 20.5 Å². The van der Waals surface area contributed by atoms with E-state index in [1.54, 1.807) is 30.3 Å². The summed E-state index contributed by atoms with van der Waals surface area (Å²) in [5.74, 6) is -0.808. The number of hydrogen-bond acceptors (Lipinski definition) is 5. The van der Waals surface area contributed by atoms with Crippen molar-refractivity contribution in [1.29, 1.82) is 0 Å². The zero-order valence-corrected chi connectivity index (χ0v) is 19.2. The number of rotatable bonds is 5. The average Bonchev–Trinajstić information content (AvgIpc) is 3.11. The standard InChI is InChI=1S/C23H13Cl3N2O3S/c24-14-9-10-15(17(25)11-14)22(29)28-27-12-13-5-1-3-7-18(13)31-23(30)21-20(26)16-6-2-4-8-19(16)32-21/h1-12H,(H,28,29). The lowest BCUT2D eigenvalue weighted by Crippen LogP contribution is -2.18. The highest BCUT2D eigenvalue weighted by molar-refractivity contribution is 7.21. The number of hydrazone groups is 1. The number of hydrogen-bond donors (Lipinski definition) is 1. The second-order valence-corrected chi connectivity index (χ2v) is 8.77. The van der Waals surface area contributed by atoms with Crippen molar-refractivity contribution in [1.82, 2.24) is 5.43 Å². The Kier molecular flexibility index (Phi) is 6.77. The monoisotopic (exact) mass is 502 g/mol. The molecular formula is C23H13Cl3N2O3S. The lowest BCUT2D eigenvalue weighted by molar-refractivity contribution is 0.0739. The molecule has 0 spiro atoms. The Hall–Kier alpha value is -2.90. The molecule has 0 aliphatic rings. The van der Waals surface area contributed by atoms with Gasteiger partial charge in [-0.3, -0.25) is 4.79 Å². The summed E-state index contributed by atoms with van der Waals surface area (Å²) in [7, 11) is 0. The molecule has 0 atom stereocenters. The second kappa shape index (κ2) is 9.71. The van der Waals surface area contributed by atoms with Gasteiger partial charge in [0.05, 0.1) is 21.8 Å². The first kappa shape index (κ1) is 22.3. The van der Waals surface area contributed by atoms with E-state index < -0.39 is 11.9 Å². The summed E-state index contributed by atoms with van der Waals surface area (Å²) in [5.41, 5.74) is 3.11. The van der Waals surface area contributed by atoms with Crippen LogP contribution in [0, 0.1) is 0 Å². The van der Waals surface area contributed by atoms with Gasteiger partial charge in [0.2, 0.25) is 0 Å². The van der Waals surface area contributed by atoms with Crippen LogP contribution in [0.2, 0.25) is 15.1 Å². The van der Waals surface area contributed by atoms with E-state index in [4.69, 9.17) is 39.5 Å². The van der Waals surface area contributed by atoms with E-state index in [1.165, 1.54) is 29.7 Å². The predicted molar refractivity (Wildman–Crippen MR) is 130 cm³/mol. The molecular weight excluding hydrogens is 491 g/mol. The fourth-order valence-corrected chi connectivity index (χ4v) is 4.75. The first-order chi connectivity index (χ1) is 15.4. The molecule has 0 fully saturated rings. The minimum absolute atomic E-state index is 0.208. The smallest absolute Gasteiger partial charge is 0.355 e.